The lowest BCUT2D eigenvalue weighted by Gasteiger charge is -2.02. The molecule has 0 aliphatic rings. The van der Waals surface area contributed by atoms with Gasteiger partial charge in [0, 0.05) is 22.9 Å². The molecule has 0 heterocycles. The second-order valence-electron chi connectivity index (χ2n) is 1.98. The number of halogens is 1. The maximum Gasteiger partial charge on any atom is 0.233 e. The maximum atomic E-state index is 5.38. The lowest BCUT2D eigenvalue weighted by Crippen LogP contribution is -2.27. The Hall–Kier alpha value is 1.04. The number of hydrogen-bond donors (Lipinski definition) is 2. The first-order valence-corrected chi connectivity index (χ1v) is 7.18. The first-order valence-electron chi connectivity index (χ1n) is 3.53. The fraction of sp³-hybridized carbons (Fsp3) is 1.00. The van der Waals surface area contributed by atoms with Crippen molar-refractivity contribution in [1.82, 2.24) is 8.18 Å². The first kappa shape index (κ1) is 11.0. The van der Waals surface area contributed by atoms with E-state index < -0.39 is 0 Å². The molecule has 0 saturated heterocycles. The van der Waals surface area contributed by atoms with Crippen LogP contribution in [0.1, 0.15) is 19.8 Å². The normalized spacial score (nSPS) is 12.6. The van der Waals surface area contributed by atoms with Crippen LogP contribution in [0.25, 0.3) is 0 Å². The van der Waals surface area contributed by atoms with Crippen LogP contribution < -0.4 is 8.18 Å². The van der Waals surface area contributed by atoms with Gasteiger partial charge in [0.05, 0.1) is 0 Å². The molecule has 62 valence electrons. The lowest BCUT2D eigenvalue weighted by atomic mass is 10.3. The smallest absolute Gasteiger partial charge is 0.233 e. The van der Waals surface area contributed by atoms with E-state index in [0.717, 1.165) is 6.54 Å². The van der Waals surface area contributed by atoms with Crippen LogP contribution in [-0.2, 0) is 4.12 Å². The van der Waals surface area contributed by atoms with Crippen LogP contribution in [-0.4, -0.2) is 26.4 Å². The summed E-state index contributed by atoms with van der Waals surface area (Å²) < 4.78 is 8.42. The molecule has 0 unspecified atom stereocenters. The van der Waals surface area contributed by atoms with Crippen LogP contribution in [0.2, 0.25) is 0 Å². The molecular formula is C4H15IN2OSi2. The number of rotatable bonds is 7. The summed E-state index contributed by atoms with van der Waals surface area (Å²) in [6.07, 6.45) is 2.54. The fourth-order valence-electron chi connectivity index (χ4n) is 0.536. The molecule has 0 aliphatic carbocycles. The van der Waals surface area contributed by atoms with Crippen molar-refractivity contribution in [2.24, 2.45) is 0 Å². The van der Waals surface area contributed by atoms with E-state index in [9.17, 15) is 0 Å². The van der Waals surface area contributed by atoms with Crippen LogP contribution >= 0.6 is 22.9 Å². The molecule has 0 saturated carbocycles. The van der Waals surface area contributed by atoms with Gasteiger partial charge in [-0.3, -0.25) is 3.20 Å². The summed E-state index contributed by atoms with van der Waals surface area (Å²) in [5.74, 6) is 0. The van der Waals surface area contributed by atoms with E-state index in [1.54, 1.807) is 0 Å². The zero-order valence-electron chi connectivity index (χ0n) is 6.32. The highest BCUT2D eigenvalue weighted by Gasteiger charge is 1.86. The molecule has 0 rings (SSSR count). The van der Waals surface area contributed by atoms with Gasteiger partial charge in [0.2, 0.25) is 19.8 Å². The van der Waals surface area contributed by atoms with Crippen molar-refractivity contribution >= 4 is 42.7 Å². The second-order valence-corrected chi connectivity index (χ2v) is 7.25. The molecule has 6 heteroatoms. The van der Waals surface area contributed by atoms with Crippen molar-refractivity contribution in [3.63, 3.8) is 0 Å². The van der Waals surface area contributed by atoms with Crippen molar-refractivity contribution < 1.29 is 4.12 Å². The Balaban J connectivity index is 2.65. The summed E-state index contributed by atoms with van der Waals surface area (Å²) >= 11 is 2.14. The predicted molar refractivity (Wildman–Crippen MR) is 58.2 cm³/mol. The van der Waals surface area contributed by atoms with E-state index in [2.05, 4.69) is 38.0 Å². The number of hydrogen-bond acceptors (Lipinski definition) is 3. The van der Waals surface area contributed by atoms with E-state index in [4.69, 9.17) is 4.12 Å². The van der Waals surface area contributed by atoms with Crippen molar-refractivity contribution in [3.8, 4) is 0 Å². The molecule has 0 amide bonds. The summed E-state index contributed by atoms with van der Waals surface area (Å²) in [6, 6.07) is 0. The van der Waals surface area contributed by atoms with Crippen LogP contribution in [0.4, 0.5) is 0 Å². The highest BCUT2D eigenvalue weighted by atomic mass is 127. The second kappa shape index (κ2) is 10.0. The largest absolute Gasteiger partial charge is 0.441 e. The van der Waals surface area contributed by atoms with Crippen LogP contribution in [0.5, 0.6) is 0 Å². The molecular weight excluding hydrogens is 275 g/mol. The Morgan fingerprint density at radius 2 is 2.30 bits per heavy atom. The van der Waals surface area contributed by atoms with E-state index in [-0.39, 0.29) is 19.8 Å². The zero-order valence-corrected chi connectivity index (χ0v) is 11.3. The molecule has 0 spiro atoms. The number of unbranched alkanes of at least 4 members (excludes halogenated alkanes) is 1. The van der Waals surface area contributed by atoms with Gasteiger partial charge in [0.15, 0.2) is 0 Å². The van der Waals surface area contributed by atoms with Crippen LogP contribution in [0, 0.1) is 0 Å². The van der Waals surface area contributed by atoms with E-state index >= 15 is 0 Å². The van der Waals surface area contributed by atoms with E-state index in [1.807, 2.05) is 0 Å². The standard InChI is InChI=1S/C4H15IN2OSi2/c1-2-3-4-6-9-8-10-7-5/h6-7H,2-4,9-10H2,1H3. The van der Waals surface area contributed by atoms with Gasteiger partial charge in [0.25, 0.3) is 0 Å². The van der Waals surface area contributed by atoms with E-state index in [1.165, 1.54) is 12.8 Å². The first-order chi connectivity index (χ1) is 4.91. The molecule has 0 aromatic rings. The molecule has 0 atom stereocenters. The third-order valence-electron chi connectivity index (χ3n) is 1.07. The van der Waals surface area contributed by atoms with Crippen molar-refractivity contribution in [2.75, 3.05) is 6.54 Å². The highest BCUT2D eigenvalue weighted by molar-refractivity contribution is 14.1. The Morgan fingerprint density at radius 1 is 1.50 bits per heavy atom. The summed E-state index contributed by atoms with van der Waals surface area (Å²) in [7, 11) is -0.752. The molecule has 10 heavy (non-hydrogen) atoms. The molecule has 0 bridgehead atoms. The van der Waals surface area contributed by atoms with Gasteiger partial charge in [-0.05, 0) is 13.0 Å². The molecule has 0 radical (unpaired) electrons. The Bertz CT molecular complexity index is 61.2. The van der Waals surface area contributed by atoms with Crippen LogP contribution in [0.15, 0.2) is 0 Å². The van der Waals surface area contributed by atoms with Gasteiger partial charge in [-0.15, -0.1) is 0 Å². The highest BCUT2D eigenvalue weighted by Crippen LogP contribution is 1.80. The zero-order chi connectivity index (χ0) is 7.66. The Labute approximate surface area is 81.2 Å². The van der Waals surface area contributed by atoms with Gasteiger partial charge in [-0.25, -0.2) is 0 Å². The lowest BCUT2D eigenvalue weighted by molar-refractivity contribution is 0.605. The summed E-state index contributed by atoms with van der Waals surface area (Å²) in [4.78, 5) is 3.33. The quantitative estimate of drug-likeness (QED) is 0.282. The minimum Gasteiger partial charge on any atom is -0.441 e. The molecule has 0 aromatic carbocycles. The van der Waals surface area contributed by atoms with Crippen molar-refractivity contribution in [3.05, 3.63) is 0 Å². The van der Waals surface area contributed by atoms with Crippen molar-refractivity contribution in [2.45, 2.75) is 19.8 Å². The van der Waals surface area contributed by atoms with Gasteiger partial charge in [-0.1, -0.05) is 13.3 Å². The third kappa shape index (κ3) is 9.04. The summed E-state index contributed by atoms with van der Waals surface area (Å²) in [5, 5.41) is 0. The average Bonchev–Trinajstić information content (AvgIpc) is 1.97. The SMILES string of the molecule is CCCCN[SiH2]O[SiH2]NI. The van der Waals surface area contributed by atoms with Gasteiger partial charge in [-0.2, -0.15) is 0 Å². The third-order valence-corrected chi connectivity index (χ3v) is 4.30. The van der Waals surface area contributed by atoms with Gasteiger partial charge in [0.1, 0.15) is 0 Å². The maximum absolute atomic E-state index is 5.38. The minimum atomic E-state index is -0.377. The average molecular weight is 290 g/mol. The molecule has 0 aliphatic heterocycles. The van der Waals surface area contributed by atoms with Crippen molar-refractivity contribution in [1.29, 1.82) is 0 Å². The molecule has 0 aromatic heterocycles. The topological polar surface area (TPSA) is 33.3 Å². The minimum absolute atomic E-state index is 0.376. The fourth-order valence-corrected chi connectivity index (χ4v) is 4.21. The van der Waals surface area contributed by atoms with Crippen LogP contribution in [0.3, 0.4) is 0 Å². The molecule has 3 nitrogen and oxygen atoms in total. The number of nitrogens with one attached hydrogen (secondary N) is 2. The monoisotopic (exact) mass is 290 g/mol. The predicted octanol–water partition coefficient (Wildman–Crippen LogP) is -0.670. The van der Waals surface area contributed by atoms with Gasteiger partial charge < -0.3 is 9.10 Å². The Morgan fingerprint density at radius 3 is 2.90 bits per heavy atom. The Kier molecular flexibility index (Phi) is 11.1. The summed E-state index contributed by atoms with van der Waals surface area (Å²) in [6.45, 7) is 3.34. The molecule has 0 fully saturated rings. The molecule has 2 N–H and O–H groups in total. The van der Waals surface area contributed by atoms with Gasteiger partial charge >= 0.3 is 0 Å². The summed E-state index contributed by atoms with van der Waals surface area (Å²) in [5.41, 5.74) is 0. The van der Waals surface area contributed by atoms with E-state index in [0.29, 0.717) is 0 Å².